The Balaban J connectivity index is 1.47. The highest BCUT2D eigenvalue weighted by atomic mass is 15.2. The highest BCUT2D eigenvalue weighted by molar-refractivity contribution is 5.47. The van der Waals surface area contributed by atoms with Crippen molar-refractivity contribution < 1.29 is 0 Å². The molecule has 0 aromatic carbocycles. The molecule has 1 atom stereocenters. The van der Waals surface area contributed by atoms with Crippen molar-refractivity contribution in [1.82, 2.24) is 24.8 Å². The molecule has 0 unspecified atom stereocenters. The lowest BCUT2D eigenvalue weighted by Gasteiger charge is -2.36. The van der Waals surface area contributed by atoms with Gasteiger partial charge >= 0.3 is 0 Å². The van der Waals surface area contributed by atoms with Crippen LogP contribution < -0.4 is 5.32 Å². The zero-order valence-electron chi connectivity index (χ0n) is 14.6. The number of nitrogens with zero attached hydrogens (tertiary/aromatic N) is 5. The first-order valence-corrected chi connectivity index (χ1v) is 9.01. The summed E-state index contributed by atoms with van der Waals surface area (Å²) in [7, 11) is 0. The van der Waals surface area contributed by atoms with Gasteiger partial charge in [0.1, 0.15) is 5.82 Å². The number of aromatic nitrogens is 4. The molecular weight excluding hydrogens is 324 g/mol. The molecule has 0 amide bonds. The van der Waals surface area contributed by atoms with Crippen molar-refractivity contribution in [3.8, 4) is 0 Å². The Kier molecular flexibility index (Phi) is 5.12. The van der Waals surface area contributed by atoms with Crippen molar-refractivity contribution in [3.63, 3.8) is 0 Å². The molecule has 3 aromatic rings. The molecule has 3 aromatic heterocycles. The van der Waals surface area contributed by atoms with Crippen LogP contribution in [0.25, 0.3) is 0 Å². The van der Waals surface area contributed by atoms with Crippen LogP contribution in [-0.4, -0.2) is 31.4 Å². The Hall–Kier alpha value is -2.86. The smallest absolute Gasteiger partial charge is 0.228 e. The van der Waals surface area contributed by atoms with E-state index < -0.39 is 0 Å². The van der Waals surface area contributed by atoms with E-state index in [4.69, 9.17) is 0 Å². The first kappa shape index (κ1) is 16.6. The molecule has 1 N–H and O–H groups in total. The van der Waals surface area contributed by atoms with E-state index in [-0.39, 0.29) is 0 Å². The highest BCUT2D eigenvalue weighted by Gasteiger charge is 2.24. The van der Waals surface area contributed by atoms with E-state index in [1.165, 1.54) is 30.4 Å². The molecule has 6 nitrogen and oxygen atoms in total. The van der Waals surface area contributed by atoms with E-state index in [9.17, 15) is 0 Å². The standard InChI is InChI=1S/C20H22N6/c1-2-13-26(15-16-7-11-21-12-8-16)18(4-1)17-5-6-19(24-14-17)25-20-22-9-3-10-23-20/h3,5-12,14,18H,1-2,4,13,15H2,(H,22,23,24,25)/t18-/m1/s1. The Labute approximate surface area is 153 Å². The molecule has 0 bridgehead atoms. The second kappa shape index (κ2) is 8.01. The van der Waals surface area contributed by atoms with Gasteiger partial charge in [0.25, 0.3) is 0 Å². The number of likely N-dealkylation sites (tertiary alicyclic amines) is 1. The van der Waals surface area contributed by atoms with Crippen LogP contribution in [0, 0.1) is 0 Å². The van der Waals surface area contributed by atoms with Crippen molar-refractivity contribution in [3.05, 3.63) is 72.4 Å². The summed E-state index contributed by atoms with van der Waals surface area (Å²) in [6.45, 7) is 2.07. The third kappa shape index (κ3) is 4.03. The normalized spacial score (nSPS) is 17.8. The van der Waals surface area contributed by atoms with Gasteiger partial charge in [0.2, 0.25) is 5.95 Å². The SMILES string of the molecule is c1cnc(Nc2ccc([C@H]3CCCCN3Cc3ccncc3)cn2)nc1. The van der Waals surface area contributed by atoms with Crippen LogP contribution in [0.15, 0.2) is 61.3 Å². The van der Waals surface area contributed by atoms with Gasteiger partial charge in [-0.3, -0.25) is 9.88 Å². The monoisotopic (exact) mass is 346 g/mol. The molecule has 132 valence electrons. The topological polar surface area (TPSA) is 66.8 Å². The largest absolute Gasteiger partial charge is 0.309 e. The summed E-state index contributed by atoms with van der Waals surface area (Å²) in [6.07, 6.45) is 12.8. The van der Waals surface area contributed by atoms with E-state index in [1.807, 2.05) is 24.7 Å². The van der Waals surface area contributed by atoms with Crippen molar-refractivity contribution in [2.45, 2.75) is 31.8 Å². The third-order valence-electron chi connectivity index (χ3n) is 4.73. The second-order valence-corrected chi connectivity index (χ2v) is 6.51. The van der Waals surface area contributed by atoms with Crippen molar-refractivity contribution in [2.24, 2.45) is 0 Å². The number of piperidine rings is 1. The van der Waals surface area contributed by atoms with Crippen LogP contribution in [-0.2, 0) is 6.54 Å². The number of rotatable bonds is 5. The van der Waals surface area contributed by atoms with Gasteiger partial charge < -0.3 is 5.32 Å². The number of anilines is 2. The van der Waals surface area contributed by atoms with E-state index in [1.54, 1.807) is 18.5 Å². The van der Waals surface area contributed by atoms with Crippen LogP contribution in [0.1, 0.15) is 36.4 Å². The molecule has 6 heteroatoms. The van der Waals surface area contributed by atoms with Gasteiger partial charge in [-0.15, -0.1) is 0 Å². The summed E-state index contributed by atoms with van der Waals surface area (Å²) in [5, 5.41) is 3.13. The van der Waals surface area contributed by atoms with Gasteiger partial charge in [-0.25, -0.2) is 15.0 Å². The van der Waals surface area contributed by atoms with Crippen molar-refractivity contribution >= 4 is 11.8 Å². The second-order valence-electron chi connectivity index (χ2n) is 6.51. The van der Waals surface area contributed by atoms with Crippen molar-refractivity contribution in [2.75, 3.05) is 11.9 Å². The predicted octanol–water partition coefficient (Wildman–Crippen LogP) is 3.74. The van der Waals surface area contributed by atoms with E-state index in [0.29, 0.717) is 12.0 Å². The number of nitrogens with one attached hydrogen (secondary N) is 1. The quantitative estimate of drug-likeness (QED) is 0.759. The Morgan fingerprint density at radius 3 is 2.58 bits per heavy atom. The maximum absolute atomic E-state index is 4.56. The highest BCUT2D eigenvalue weighted by Crippen LogP contribution is 2.32. The number of hydrogen-bond acceptors (Lipinski definition) is 6. The lowest BCUT2D eigenvalue weighted by atomic mass is 9.96. The van der Waals surface area contributed by atoms with Gasteiger partial charge in [-0.2, -0.15) is 0 Å². The van der Waals surface area contributed by atoms with Gasteiger partial charge in [0, 0.05) is 43.6 Å². The lowest BCUT2D eigenvalue weighted by Crippen LogP contribution is -2.33. The van der Waals surface area contributed by atoms with Gasteiger partial charge in [-0.1, -0.05) is 12.5 Å². The van der Waals surface area contributed by atoms with Crippen LogP contribution in [0.2, 0.25) is 0 Å². The van der Waals surface area contributed by atoms with Crippen LogP contribution in [0.5, 0.6) is 0 Å². The minimum atomic E-state index is 0.409. The minimum Gasteiger partial charge on any atom is -0.309 e. The van der Waals surface area contributed by atoms with Crippen LogP contribution in [0.3, 0.4) is 0 Å². The molecule has 0 aliphatic carbocycles. The molecule has 0 spiro atoms. The molecule has 1 aliphatic rings. The first-order valence-electron chi connectivity index (χ1n) is 9.01. The van der Waals surface area contributed by atoms with E-state index >= 15 is 0 Å². The zero-order valence-corrected chi connectivity index (χ0v) is 14.6. The number of hydrogen-bond donors (Lipinski definition) is 1. The molecule has 1 fully saturated rings. The summed E-state index contributed by atoms with van der Waals surface area (Å²) < 4.78 is 0. The Morgan fingerprint density at radius 1 is 0.962 bits per heavy atom. The van der Waals surface area contributed by atoms with Crippen LogP contribution >= 0.6 is 0 Å². The summed E-state index contributed by atoms with van der Waals surface area (Å²) in [5.41, 5.74) is 2.57. The maximum Gasteiger partial charge on any atom is 0.228 e. The summed E-state index contributed by atoms with van der Waals surface area (Å²) in [4.78, 5) is 19.6. The average Bonchev–Trinajstić information content (AvgIpc) is 2.71. The molecule has 0 saturated carbocycles. The number of pyridine rings is 2. The fraction of sp³-hybridized carbons (Fsp3) is 0.300. The fourth-order valence-electron chi connectivity index (χ4n) is 3.43. The van der Waals surface area contributed by atoms with Crippen molar-refractivity contribution in [1.29, 1.82) is 0 Å². The molecule has 4 heterocycles. The summed E-state index contributed by atoms with van der Waals surface area (Å²) in [5.74, 6) is 1.32. The van der Waals surface area contributed by atoms with E-state index in [0.717, 1.165) is 18.9 Å². The van der Waals surface area contributed by atoms with Gasteiger partial charge in [-0.05, 0) is 54.8 Å². The molecule has 4 rings (SSSR count). The van der Waals surface area contributed by atoms with Gasteiger partial charge in [0.05, 0.1) is 0 Å². The molecular formula is C20H22N6. The Morgan fingerprint density at radius 2 is 1.81 bits per heavy atom. The summed E-state index contributed by atoms with van der Waals surface area (Å²) in [6, 6.07) is 10.6. The molecule has 26 heavy (non-hydrogen) atoms. The van der Waals surface area contributed by atoms with E-state index in [2.05, 4.69) is 48.4 Å². The molecule has 0 radical (unpaired) electrons. The molecule has 1 saturated heterocycles. The van der Waals surface area contributed by atoms with Crippen LogP contribution in [0.4, 0.5) is 11.8 Å². The predicted molar refractivity (Wildman–Crippen MR) is 101 cm³/mol. The summed E-state index contributed by atoms with van der Waals surface area (Å²) >= 11 is 0. The first-order chi connectivity index (χ1) is 12.9. The minimum absolute atomic E-state index is 0.409. The Bertz CT molecular complexity index is 807. The fourth-order valence-corrected chi connectivity index (χ4v) is 3.43. The maximum atomic E-state index is 4.56. The molecule has 1 aliphatic heterocycles. The third-order valence-corrected chi connectivity index (χ3v) is 4.73. The zero-order chi connectivity index (χ0) is 17.6. The average molecular weight is 346 g/mol. The van der Waals surface area contributed by atoms with Gasteiger partial charge in [0.15, 0.2) is 0 Å². The lowest BCUT2D eigenvalue weighted by molar-refractivity contribution is 0.140.